The molecule has 2 atom stereocenters. The van der Waals surface area contributed by atoms with E-state index in [1.54, 1.807) is 0 Å². The van der Waals surface area contributed by atoms with Gasteiger partial charge in [-0.1, -0.05) is 25.4 Å². The molecule has 1 aromatic carbocycles. The predicted octanol–water partition coefficient (Wildman–Crippen LogP) is 3.33. The molecular formula is C16H23ClN2O. The summed E-state index contributed by atoms with van der Waals surface area (Å²) in [7, 11) is 0. The Morgan fingerprint density at radius 1 is 1.45 bits per heavy atom. The summed E-state index contributed by atoms with van der Waals surface area (Å²) in [4.78, 5) is 14.1. The van der Waals surface area contributed by atoms with E-state index in [0.29, 0.717) is 5.92 Å². The molecule has 0 aromatic heterocycles. The number of anilines is 1. The third kappa shape index (κ3) is 3.89. The van der Waals surface area contributed by atoms with Crippen molar-refractivity contribution in [1.82, 2.24) is 5.32 Å². The van der Waals surface area contributed by atoms with E-state index in [4.69, 9.17) is 11.6 Å². The second-order valence-electron chi connectivity index (χ2n) is 5.63. The molecule has 0 spiro atoms. The average molecular weight is 295 g/mol. The van der Waals surface area contributed by atoms with Crippen LogP contribution < -0.4 is 10.2 Å². The van der Waals surface area contributed by atoms with E-state index in [0.717, 1.165) is 37.5 Å². The third-order valence-corrected chi connectivity index (χ3v) is 4.35. The van der Waals surface area contributed by atoms with Crippen LogP contribution in [0.2, 0.25) is 5.02 Å². The maximum atomic E-state index is 11.8. The largest absolute Gasteiger partial charge is 0.371 e. The minimum Gasteiger partial charge on any atom is -0.371 e. The summed E-state index contributed by atoms with van der Waals surface area (Å²) in [5.74, 6) is 0.833. The van der Waals surface area contributed by atoms with Gasteiger partial charge in [-0.15, -0.1) is 0 Å². The standard InChI is InChI=1S/C16H23ClN2O/c1-3-12(2)16(20)18-10-13-8-9-19(11-13)15-6-4-14(17)5-7-15/h4-7,12-13H,3,8-11H2,1-2H3,(H,18,20)/t12-,13+/m0/s1. The van der Waals surface area contributed by atoms with Crippen molar-refractivity contribution in [2.24, 2.45) is 11.8 Å². The van der Waals surface area contributed by atoms with Gasteiger partial charge in [0.15, 0.2) is 0 Å². The molecule has 0 saturated carbocycles. The molecule has 1 fully saturated rings. The lowest BCUT2D eigenvalue weighted by Gasteiger charge is -2.19. The van der Waals surface area contributed by atoms with Gasteiger partial charge in [-0.05, 0) is 43.0 Å². The Bertz CT molecular complexity index is 446. The summed E-state index contributed by atoms with van der Waals surface area (Å²) in [6, 6.07) is 7.97. The average Bonchev–Trinajstić information content (AvgIpc) is 2.93. The van der Waals surface area contributed by atoms with Crippen LogP contribution in [0.25, 0.3) is 0 Å². The Hall–Kier alpha value is -1.22. The number of amides is 1. The van der Waals surface area contributed by atoms with Crippen molar-refractivity contribution in [3.63, 3.8) is 0 Å². The lowest BCUT2D eigenvalue weighted by atomic mass is 10.1. The van der Waals surface area contributed by atoms with Gasteiger partial charge in [0.25, 0.3) is 0 Å². The highest BCUT2D eigenvalue weighted by atomic mass is 35.5. The molecule has 3 nitrogen and oxygen atoms in total. The molecule has 1 heterocycles. The van der Waals surface area contributed by atoms with Crippen LogP contribution in [0.3, 0.4) is 0 Å². The van der Waals surface area contributed by atoms with Gasteiger partial charge in [-0.2, -0.15) is 0 Å². The number of carbonyl (C=O) groups excluding carboxylic acids is 1. The van der Waals surface area contributed by atoms with Crippen LogP contribution in [0.15, 0.2) is 24.3 Å². The zero-order chi connectivity index (χ0) is 14.5. The number of nitrogens with one attached hydrogen (secondary N) is 1. The van der Waals surface area contributed by atoms with Gasteiger partial charge < -0.3 is 10.2 Å². The number of nitrogens with zero attached hydrogens (tertiary/aromatic N) is 1. The SMILES string of the molecule is CC[C@H](C)C(=O)NC[C@H]1CCN(c2ccc(Cl)cc2)C1. The van der Waals surface area contributed by atoms with E-state index in [2.05, 4.69) is 22.3 Å². The van der Waals surface area contributed by atoms with Crippen molar-refractivity contribution in [3.05, 3.63) is 29.3 Å². The minimum atomic E-state index is 0.115. The molecule has 1 amide bonds. The normalized spacial score (nSPS) is 19.9. The fraction of sp³-hybridized carbons (Fsp3) is 0.562. The summed E-state index contributed by atoms with van der Waals surface area (Å²) in [5.41, 5.74) is 1.21. The highest BCUT2D eigenvalue weighted by Crippen LogP contribution is 2.24. The van der Waals surface area contributed by atoms with E-state index < -0.39 is 0 Å². The summed E-state index contributed by atoms with van der Waals surface area (Å²) in [5, 5.41) is 3.84. The number of hydrogen-bond acceptors (Lipinski definition) is 2. The Kier molecular flexibility index (Phi) is 5.30. The highest BCUT2D eigenvalue weighted by molar-refractivity contribution is 6.30. The van der Waals surface area contributed by atoms with Crippen LogP contribution >= 0.6 is 11.6 Å². The Balaban J connectivity index is 1.80. The van der Waals surface area contributed by atoms with Gasteiger partial charge >= 0.3 is 0 Å². The number of carbonyl (C=O) groups is 1. The molecule has 1 saturated heterocycles. The maximum absolute atomic E-state index is 11.8. The van der Waals surface area contributed by atoms with Gasteiger partial charge in [-0.3, -0.25) is 4.79 Å². The predicted molar refractivity (Wildman–Crippen MR) is 84.2 cm³/mol. The first-order valence-corrected chi connectivity index (χ1v) is 7.76. The first kappa shape index (κ1) is 15.2. The first-order chi connectivity index (χ1) is 9.60. The Labute approximate surface area is 126 Å². The molecular weight excluding hydrogens is 272 g/mol. The summed E-state index contributed by atoms with van der Waals surface area (Å²) < 4.78 is 0. The van der Waals surface area contributed by atoms with Crippen molar-refractivity contribution >= 4 is 23.2 Å². The van der Waals surface area contributed by atoms with Crippen molar-refractivity contribution in [2.45, 2.75) is 26.7 Å². The second-order valence-corrected chi connectivity index (χ2v) is 6.07. The molecule has 4 heteroatoms. The molecule has 0 bridgehead atoms. The molecule has 20 heavy (non-hydrogen) atoms. The lowest BCUT2D eigenvalue weighted by Crippen LogP contribution is -2.34. The molecule has 0 radical (unpaired) electrons. The molecule has 2 rings (SSSR count). The highest BCUT2D eigenvalue weighted by Gasteiger charge is 2.23. The fourth-order valence-electron chi connectivity index (χ4n) is 2.49. The number of halogens is 1. The minimum absolute atomic E-state index is 0.115. The number of rotatable bonds is 5. The molecule has 1 aromatic rings. The van der Waals surface area contributed by atoms with Crippen LogP contribution in [0.5, 0.6) is 0 Å². The zero-order valence-electron chi connectivity index (χ0n) is 12.2. The summed E-state index contributed by atoms with van der Waals surface area (Å²) in [6.07, 6.45) is 2.02. The van der Waals surface area contributed by atoms with E-state index in [1.807, 2.05) is 26.0 Å². The van der Waals surface area contributed by atoms with Crippen molar-refractivity contribution in [2.75, 3.05) is 24.5 Å². The van der Waals surface area contributed by atoms with Crippen molar-refractivity contribution < 1.29 is 4.79 Å². The van der Waals surface area contributed by atoms with Crippen molar-refractivity contribution in [1.29, 1.82) is 0 Å². The van der Waals surface area contributed by atoms with Crippen LogP contribution in [0, 0.1) is 11.8 Å². The van der Waals surface area contributed by atoms with E-state index in [1.165, 1.54) is 5.69 Å². The zero-order valence-corrected chi connectivity index (χ0v) is 13.0. The van der Waals surface area contributed by atoms with Gasteiger partial charge in [0.05, 0.1) is 0 Å². The van der Waals surface area contributed by atoms with Gasteiger partial charge in [0.2, 0.25) is 5.91 Å². The molecule has 1 N–H and O–H groups in total. The van der Waals surface area contributed by atoms with Gasteiger partial charge in [-0.25, -0.2) is 0 Å². The molecule has 1 aliphatic rings. The van der Waals surface area contributed by atoms with E-state index >= 15 is 0 Å². The van der Waals surface area contributed by atoms with Crippen LogP contribution in [-0.2, 0) is 4.79 Å². The fourth-order valence-corrected chi connectivity index (χ4v) is 2.62. The van der Waals surface area contributed by atoms with E-state index in [-0.39, 0.29) is 11.8 Å². The molecule has 0 unspecified atom stereocenters. The second kappa shape index (κ2) is 6.98. The smallest absolute Gasteiger partial charge is 0.222 e. The van der Waals surface area contributed by atoms with Gasteiger partial charge in [0.1, 0.15) is 0 Å². The lowest BCUT2D eigenvalue weighted by molar-refractivity contribution is -0.124. The van der Waals surface area contributed by atoms with Gasteiger partial charge in [0, 0.05) is 36.3 Å². The molecule has 1 aliphatic heterocycles. The molecule has 110 valence electrons. The van der Waals surface area contributed by atoms with Crippen molar-refractivity contribution in [3.8, 4) is 0 Å². The quantitative estimate of drug-likeness (QED) is 0.903. The van der Waals surface area contributed by atoms with Crippen LogP contribution in [0.1, 0.15) is 26.7 Å². The summed E-state index contributed by atoms with van der Waals surface area (Å²) >= 11 is 5.91. The van der Waals surface area contributed by atoms with Crippen LogP contribution in [-0.4, -0.2) is 25.5 Å². The first-order valence-electron chi connectivity index (χ1n) is 7.38. The molecule has 0 aliphatic carbocycles. The Morgan fingerprint density at radius 3 is 2.80 bits per heavy atom. The number of benzene rings is 1. The number of hydrogen-bond donors (Lipinski definition) is 1. The third-order valence-electron chi connectivity index (χ3n) is 4.10. The topological polar surface area (TPSA) is 32.3 Å². The Morgan fingerprint density at radius 2 is 2.15 bits per heavy atom. The monoisotopic (exact) mass is 294 g/mol. The van der Waals surface area contributed by atoms with E-state index in [9.17, 15) is 4.79 Å². The van der Waals surface area contributed by atoms with Crippen LogP contribution in [0.4, 0.5) is 5.69 Å². The maximum Gasteiger partial charge on any atom is 0.222 e. The summed E-state index contributed by atoms with van der Waals surface area (Å²) in [6.45, 7) is 6.85.